The molecule has 2 heterocycles. The Kier molecular flexibility index (Phi) is 7.72. The summed E-state index contributed by atoms with van der Waals surface area (Å²) in [5, 5.41) is 2.91. The van der Waals surface area contributed by atoms with Gasteiger partial charge in [-0.2, -0.15) is 0 Å². The first-order valence-corrected chi connectivity index (χ1v) is 11.6. The minimum Gasteiger partial charge on any atom is -0.374 e. The normalized spacial score (nSPS) is 17.5. The fourth-order valence-electron chi connectivity index (χ4n) is 4.70. The second kappa shape index (κ2) is 10.3. The van der Waals surface area contributed by atoms with Gasteiger partial charge in [-0.3, -0.25) is 14.4 Å². The third-order valence-electron chi connectivity index (χ3n) is 6.64. The van der Waals surface area contributed by atoms with E-state index >= 15 is 0 Å². The Morgan fingerprint density at radius 3 is 2.42 bits per heavy atom. The van der Waals surface area contributed by atoms with Crippen molar-refractivity contribution in [2.24, 2.45) is 10.9 Å². The molecule has 1 aromatic carbocycles. The van der Waals surface area contributed by atoms with E-state index in [2.05, 4.69) is 28.3 Å². The van der Waals surface area contributed by atoms with Crippen LogP contribution in [0, 0.1) is 25.7 Å². The molecule has 3 rings (SSSR count). The lowest BCUT2D eigenvalue weighted by atomic mass is 9.94. The number of carbonyl (C=O) groups excluding carboxylic acids is 3. The van der Waals surface area contributed by atoms with E-state index in [1.165, 1.54) is 0 Å². The molecule has 0 saturated carbocycles. The standard InChI is InChI=1S/C26H35N4O3/c1-16-11-22(25(32)27-14-23-17(2)13-18(3)28-26(23)33)19(4)24(12-16)29(6)15-21-7-9-30(10-8-21)20(5)31/h11-13,21H,7-10,14-15H2,1-6H3,(H,27,32). The Balaban J connectivity index is 1.67. The van der Waals surface area contributed by atoms with Gasteiger partial charge >= 0.3 is 0 Å². The molecule has 0 aromatic heterocycles. The number of anilines is 1. The Labute approximate surface area is 196 Å². The Morgan fingerprint density at radius 1 is 1.15 bits per heavy atom. The molecule has 33 heavy (non-hydrogen) atoms. The van der Waals surface area contributed by atoms with Gasteiger partial charge in [0.1, 0.15) is 5.92 Å². The van der Waals surface area contributed by atoms with Gasteiger partial charge < -0.3 is 15.1 Å². The Morgan fingerprint density at radius 2 is 1.82 bits per heavy atom. The first kappa shape index (κ1) is 24.7. The van der Waals surface area contributed by atoms with Crippen molar-refractivity contribution in [1.82, 2.24) is 10.2 Å². The SMILES string of the molecule is CC(=O)N1CCC(CN(C)c2cc(C)cc(C(=O)NC[C]3C(=O)N=C(C)C=C3C)c2C)CC1. The van der Waals surface area contributed by atoms with Crippen LogP contribution in [-0.2, 0) is 9.59 Å². The van der Waals surface area contributed by atoms with Crippen LogP contribution in [0.25, 0.3) is 0 Å². The number of benzene rings is 1. The van der Waals surface area contributed by atoms with Gasteiger partial charge in [0.15, 0.2) is 0 Å². The molecular weight excluding hydrogens is 416 g/mol. The zero-order valence-corrected chi connectivity index (χ0v) is 20.6. The first-order valence-electron chi connectivity index (χ1n) is 11.6. The van der Waals surface area contributed by atoms with E-state index in [-0.39, 0.29) is 24.3 Å². The summed E-state index contributed by atoms with van der Waals surface area (Å²) in [6, 6.07) is 4.01. The number of nitrogens with one attached hydrogen (secondary N) is 1. The Bertz CT molecular complexity index is 1000. The van der Waals surface area contributed by atoms with Crippen molar-refractivity contribution < 1.29 is 14.4 Å². The van der Waals surface area contributed by atoms with Gasteiger partial charge in [-0.1, -0.05) is 5.57 Å². The predicted molar refractivity (Wildman–Crippen MR) is 132 cm³/mol. The molecule has 2 aliphatic rings. The number of allylic oxidation sites excluding steroid dienone is 1. The van der Waals surface area contributed by atoms with E-state index in [0.717, 1.165) is 54.9 Å². The summed E-state index contributed by atoms with van der Waals surface area (Å²) in [5.41, 5.74) is 5.10. The van der Waals surface area contributed by atoms with E-state index in [0.29, 0.717) is 23.1 Å². The lowest BCUT2D eigenvalue weighted by Gasteiger charge is -2.34. The molecular formula is C26H35N4O3. The monoisotopic (exact) mass is 451 g/mol. The van der Waals surface area contributed by atoms with Crippen LogP contribution in [0.1, 0.15) is 55.1 Å². The summed E-state index contributed by atoms with van der Waals surface area (Å²) in [6.07, 6.45) is 3.84. The minimum absolute atomic E-state index is 0.146. The van der Waals surface area contributed by atoms with Crippen molar-refractivity contribution in [2.45, 2.75) is 47.5 Å². The van der Waals surface area contributed by atoms with Crippen molar-refractivity contribution in [3.05, 3.63) is 46.4 Å². The molecule has 3 amide bonds. The fourth-order valence-corrected chi connectivity index (χ4v) is 4.70. The molecule has 1 radical (unpaired) electrons. The molecule has 0 aliphatic carbocycles. The van der Waals surface area contributed by atoms with Crippen molar-refractivity contribution >= 4 is 29.1 Å². The first-order chi connectivity index (χ1) is 15.6. The van der Waals surface area contributed by atoms with Crippen LogP contribution >= 0.6 is 0 Å². The lowest BCUT2D eigenvalue weighted by Crippen LogP contribution is -2.40. The Hall–Kier alpha value is -2.96. The smallest absolute Gasteiger partial charge is 0.259 e. The highest BCUT2D eigenvalue weighted by Crippen LogP contribution is 2.28. The van der Waals surface area contributed by atoms with Crippen molar-refractivity contribution in [2.75, 3.05) is 38.1 Å². The van der Waals surface area contributed by atoms with Gasteiger partial charge in [0.2, 0.25) is 5.91 Å². The summed E-state index contributed by atoms with van der Waals surface area (Å²) in [7, 11) is 2.06. The van der Waals surface area contributed by atoms with E-state index in [1.807, 2.05) is 37.8 Å². The van der Waals surface area contributed by atoms with E-state index in [1.54, 1.807) is 13.8 Å². The van der Waals surface area contributed by atoms with E-state index < -0.39 is 0 Å². The number of carbonyl (C=O) groups is 3. The van der Waals surface area contributed by atoms with Crippen LogP contribution in [0.2, 0.25) is 0 Å². The quantitative estimate of drug-likeness (QED) is 0.720. The number of aliphatic imine (C=N–C) groups is 1. The zero-order valence-electron chi connectivity index (χ0n) is 20.6. The number of likely N-dealkylation sites (tertiary alicyclic amines) is 1. The van der Waals surface area contributed by atoms with Crippen molar-refractivity contribution in [1.29, 1.82) is 0 Å². The van der Waals surface area contributed by atoms with E-state index in [9.17, 15) is 14.4 Å². The van der Waals surface area contributed by atoms with Crippen molar-refractivity contribution in [3.8, 4) is 0 Å². The van der Waals surface area contributed by atoms with Crippen LogP contribution in [0.15, 0.2) is 28.8 Å². The van der Waals surface area contributed by atoms with Gasteiger partial charge in [-0.25, -0.2) is 4.99 Å². The number of piperidine rings is 1. The third-order valence-corrected chi connectivity index (χ3v) is 6.64. The number of hydrogen-bond donors (Lipinski definition) is 1. The number of rotatable bonds is 6. The second-order valence-electron chi connectivity index (χ2n) is 9.33. The molecule has 2 aliphatic heterocycles. The average molecular weight is 452 g/mol. The molecule has 0 atom stereocenters. The molecule has 1 aromatic rings. The highest BCUT2D eigenvalue weighted by molar-refractivity contribution is 6.11. The molecule has 177 valence electrons. The van der Waals surface area contributed by atoms with Gasteiger partial charge in [0.05, 0.1) is 0 Å². The zero-order chi connectivity index (χ0) is 24.3. The van der Waals surface area contributed by atoms with Crippen LogP contribution < -0.4 is 10.2 Å². The average Bonchev–Trinajstić information content (AvgIpc) is 2.74. The topological polar surface area (TPSA) is 82.1 Å². The van der Waals surface area contributed by atoms with Gasteiger partial charge in [-0.15, -0.1) is 0 Å². The molecule has 0 spiro atoms. The van der Waals surface area contributed by atoms with Gasteiger partial charge in [0, 0.05) is 57.1 Å². The number of nitrogens with zero attached hydrogens (tertiary/aromatic N) is 3. The van der Waals surface area contributed by atoms with Gasteiger partial charge in [0.25, 0.3) is 11.8 Å². The fraction of sp³-hybridized carbons (Fsp3) is 0.500. The maximum atomic E-state index is 13.1. The summed E-state index contributed by atoms with van der Waals surface area (Å²) in [6.45, 7) is 11.9. The van der Waals surface area contributed by atoms with Crippen LogP contribution in [0.5, 0.6) is 0 Å². The second-order valence-corrected chi connectivity index (χ2v) is 9.33. The molecule has 7 heteroatoms. The molecule has 0 unspecified atom stereocenters. The summed E-state index contributed by atoms with van der Waals surface area (Å²) in [5.74, 6) is 0.696. The summed E-state index contributed by atoms with van der Waals surface area (Å²) >= 11 is 0. The molecule has 1 saturated heterocycles. The molecule has 1 N–H and O–H groups in total. The van der Waals surface area contributed by atoms with E-state index in [4.69, 9.17) is 0 Å². The van der Waals surface area contributed by atoms with Crippen LogP contribution in [0.3, 0.4) is 0 Å². The van der Waals surface area contributed by atoms with Crippen LogP contribution in [-0.4, -0.2) is 61.6 Å². The van der Waals surface area contributed by atoms with Crippen molar-refractivity contribution in [3.63, 3.8) is 0 Å². The number of amides is 3. The number of dihydropyridines is 1. The largest absolute Gasteiger partial charge is 0.374 e. The third kappa shape index (κ3) is 5.89. The minimum atomic E-state index is -0.287. The van der Waals surface area contributed by atoms with Crippen LogP contribution in [0.4, 0.5) is 5.69 Å². The summed E-state index contributed by atoms with van der Waals surface area (Å²) in [4.78, 5) is 45.0. The number of hydrogen-bond acceptors (Lipinski definition) is 4. The predicted octanol–water partition coefficient (Wildman–Crippen LogP) is 3.25. The maximum Gasteiger partial charge on any atom is 0.259 e. The molecule has 0 bridgehead atoms. The highest BCUT2D eigenvalue weighted by atomic mass is 16.2. The molecule has 7 nitrogen and oxygen atoms in total. The lowest BCUT2D eigenvalue weighted by molar-refractivity contribution is -0.130. The highest BCUT2D eigenvalue weighted by Gasteiger charge is 2.26. The number of aryl methyl sites for hydroxylation is 1. The molecule has 1 fully saturated rings. The maximum absolute atomic E-state index is 13.1. The summed E-state index contributed by atoms with van der Waals surface area (Å²) < 4.78 is 0. The van der Waals surface area contributed by atoms with Gasteiger partial charge in [-0.05, 0) is 75.8 Å².